The summed E-state index contributed by atoms with van der Waals surface area (Å²) >= 11 is 1.54. The lowest BCUT2D eigenvalue weighted by atomic mass is 9.47. The molecule has 0 saturated heterocycles. The number of nitrogens with two attached hydrogens (primary N) is 1. The normalized spacial score (nSPS) is 33.6. The number of benzene rings is 1. The lowest BCUT2D eigenvalue weighted by Crippen LogP contribution is -2.65. The summed E-state index contributed by atoms with van der Waals surface area (Å²) in [5.41, 5.74) is 5.93. The summed E-state index contributed by atoms with van der Waals surface area (Å²) in [4.78, 5) is 31.9. The van der Waals surface area contributed by atoms with Crippen molar-refractivity contribution in [2.75, 3.05) is 0 Å². The SMILES string of the molecule is NC(=O)C12CC3CC(C1)C(NC(=O)C1(NSc4cccc5cccnc45)CCCCC1)C(C3)C2. The molecule has 0 aliphatic heterocycles. The number of pyridine rings is 1. The van der Waals surface area contributed by atoms with Gasteiger partial charge in [-0.1, -0.05) is 37.5 Å². The van der Waals surface area contributed by atoms with E-state index in [0.717, 1.165) is 73.6 Å². The van der Waals surface area contributed by atoms with Gasteiger partial charge in [0.25, 0.3) is 0 Å². The van der Waals surface area contributed by atoms with Gasteiger partial charge < -0.3 is 11.1 Å². The molecule has 5 fully saturated rings. The van der Waals surface area contributed by atoms with Crippen molar-refractivity contribution in [1.82, 2.24) is 15.0 Å². The van der Waals surface area contributed by atoms with Crippen LogP contribution in [0, 0.1) is 23.2 Å². The molecule has 34 heavy (non-hydrogen) atoms. The van der Waals surface area contributed by atoms with Gasteiger partial charge in [-0.3, -0.25) is 14.6 Å². The first kappa shape index (κ1) is 22.4. The van der Waals surface area contributed by atoms with Gasteiger partial charge in [0, 0.05) is 27.9 Å². The average Bonchev–Trinajstić information content (AvgIpc) is 2.85. The van der Waals surface area contributed by atoms with Crippen molar-refractivity contribution in [2.45, 2.75) is 80.7 Å². The fraction of sp³-hybridized carbons (Fsp3) is 0.593. The van der Waals surface area contributed by atoms with Gasteiger partial charge in [0.15, 0.2) is 0 Å². The quantitative estimate of drug-likeness (QED) is 0.537. The molecule has 7 rings (SSSR count). The Labute approximate surface area is 205 Å². The topological polar surface area (TPSA) is 97.1 Å². The van der Waals surface area contributed by atoms with Crippen molar-refractivity contribution in [3.05, 3.63) is 36.5 Å². The van der Waals surface area contributed by atoms with Gasteiger partial charge in [0.1, 0.15) is 5.54 Å². The van der Waals surface area contributed by atoms with Crippen molar-refractivity contribution in [3.63, 3.8) is 0 Å². The van der Waals surface area contributed by atoms with Crippen molar-refractivity contribution in [3.8, 4) is 0 Å². The lowest BCUT2D eigenvalue weighted by molar-refractivity contribution is -0.148. The van der Waals surface area contributed by atoms with Crippen molar-refractivity contribution < 1.29 is 9.59 Å². The molecule has 7 heteroatoms. The van der Waals surface area contributed by atoms with E-state index in [4.69, 9.17) is 5.73 Å². The standard InChI is InChI=1S/C27H34N4O2S/c28-24(32)26-14-17-12-19(15-26)22(20(13-17)16-26)30-25(33)27(9-2-1-3-10-27)31-34-21-8-4-6-18-7-5-11-29-23(18)21/h4-8,11,17,19-20,22,31H,1-3,9-10,12-16H2,(H2,28,32)(H,30,33). The second kappa shape index (κ2) is 8.52. The Morgan fingerprint density at radius 3 is 2.47 bits per heavy atom. The van der Waals surface area contributed by atoms with Crippen molar-refractivity contribution in [2.24, 2.45) is 28.9 Å². The Morgan fingerprint density at radius 2 is 1.74 bits per heavy atom. The Morgan fingerprint density at radius 1 is 1.00 bits per heavy atom. The molecule has 4 N–H and O–H groups in total. The summed E-state index contributed by atoms with van der Waals surface area (Å²) in [6.07, 6.45) is 11.7. The smallest absolute Gasteiger partial charge is 0.241 e. The number of carbonyl (C=O) groups is 2. The third-order valence-corrected chi connectivity index (χ3v) is 10.2. The average molecular weight is 479 g/mol. The molecular weight excluding hydrogens is 444 g/mol. The summed E-state index contributed by atoms with van der Waals surface area (Å²) in [6.45, 7) is 0. The minimum atomic E-state index is -0.574. The number of para-hydroxylation sites is 1. The maximum Gasteiger partial charge on any atom is 0.241 e. The molecule has 0 spiro atoms. The van der Waals surface area contributed by atoms with Crippen LogP contribution in [0.2, 0.25) is 0 Å². The highest BCUT2D eigenvalue weighted by Crippen LogP contribution is 2.60. The number of rotatable bonds is 6. The zero-order chi connectivity index (χ0) is 23.3. The van der Waals surface area contributed by atoms with Gasteiger partial charge in [0.2, 0.25) is 11.8 Å². The lowest BCUT2D eigenvalue weighted by Gasteiger charge is -2.59. The van der Waals surface area contributed by atoms with Crippen LogP contribution in [0.3, 0.4) is 0 Å². The van der Waals surface area contributed by atoms with Crippen LogP contribution in [0.15, 0.2) is 41.4 Å². The second-order valence-corrected chi connectivity index (χ2v) is 12.1. The predicted octanol–water partition coefficient (Wildman–Crippen LogP) is 4.33. The largest absolute Gasteiger partial charge is 0.369 e. The van der Waals surface area contributed by atoms with E-state index in [2.05, 4.69) is 33.2 Å². The Hall–Kier alpha value is -2.12. The molecule has 5 aliphatic carbocycles. The highest BCUT2D eigenvalue weighted by Gasteiger charge is 2.58. The molecule has 180 valence electrons. The van der Waals surface area contributed by atoms with Crippen LogP contribution in [0.1, 0.15) is 64.2 Å². The third kappa shape index (κ3) is 3.72. The van der Waals surface area contributed by atoms with Crippen molar-refractivity contribution >= 4 is 34.7 Å². The van der Waals surface area contributed by atoms with Crippen LogP contribution < -0.4 is 15.8 Å². The predicted molar refractivity (Wildman–Crippen MR) is 134 cm³/mol. The molecule has 1 aromatic heterocycles. The van der Waals surface area contributed by atoms with Gasteiger partial charge in [-0.2, -0.15) is 0 Å². The molecule has 4 bridgehead atoms. The zero-order valence-electron chi connectivity index (χ0n) is 19.6. The first-order valence-electron chi connectivity index (χ1n) is 12.9. The summed E-state index contributed by atoms with van der Waals surface area (Å²) in [6, 6.07) is 10.4. The van der Waals surface area contributed by atoms with E-state index in [-0.39, 0.29) is 23.3 Å². The molecule has 2 unspecified atom stereocenters. The summed E-state index contributed by atoms with van der Waals surface area (Å²) in [5.74, 6) is 1.35. The molecule has 1 aromatic carbocycles. The number of nitrogens with zero attached hydrogens (tertiary/aromatic N) is 1. The molecule has 0 radical (unpaired) electrons. The Balaban J connectivity index is 1.21. The van der Waals surface area contributed by atoms with E-state index in [1.807, 2.05) is 18.3 Å². The molecule has 6 nitrogen and oxygen atoms in total. The molecule has 1 heterocycles. The van der Waals surface area contributed by atoms with Crippen molar-refractivity contribution in [1.29, 1.82) is 0 Å². The molecular formula is C27H34N4O2S. The van der Waals surface area contributed by atoms with E-state index in [9.17, 15) is 9.59 Å². The number of primary amides is 1. The van der Waals surface area contributed by atoms with E-state index in [1.165, 1.54) is 6.42 Å². The number of nitrogens with one attached hydrogen (secondary N) is 2. The van der Waals surface area contributed by atoms with Gasteiger partial charge >= 0.3 is 0 Å². The number of carbonyl (C=O) groups excluding carboxylic acids is 2. The molecule has 5 aliphatic rings. The summed E-state index contributed by atoms with van der Waals surface area (Å²) < 4.78 is 3.63. The molecule has 2 atom stereocenters. The molecule has 2 aromatic rings. The van der Waals surface area contributed by atoms with E-state index in [0.29, 0.717) is 17.8 Å². The van der Waals surface area contributed by atoms with Gasteiger partial charge in [0.05, 0.1) is 5.52 Å². The number of hydrogen-bond donors (Lipinski definition) is 3. The molecule has 5 saturated carbocycles. The molecule has 2 amide bonds. The number of fused-ring (bicyclic) bond motifs is 1. The number of aromatic nitrogens is 1. The fourth-order valence-electron chi connectivity index (χ4n) is 7.69. The summed E-state index contributed by atoms with van der Waals surface area (Å²) in [5, 5.41) is 4.62. The maximum absolute atomic E-state index is 13.9. The zero-order valence-corrected chi connectivity index (χ0v) is 20.4. The summed E-state index contributed by atoms with van der Waals surface area (Å²) in [7, 11) is 0. The second-order valence-electron chi connectivity index (χ2n) is 11.3. The Bertz CT molecular complexity index is 1090. The van der Waals surface area contributed by atoms with Crippen LogP contribution in [0.5, 0.6) is 0 Å². The van der Waals surface area contributed by atoms with E-state index >= 15 is 0 Å². The van der Waals surface area contributed by atoms with E-state index < -0.39 is 5.54 Å². The van der Waals surface area contributed by atoms with Crippen LogP contribution in [0.4, 0.5) is 0 Å². The van der Waals surface area contributed by atoms with Crippen LogP contribution in [-0.4, -0.2) is 28.4 Å². The van der Waals surface area contributed by atoms with Gasteiger partial charge in [-0.05, 0) is 86.8 Å². The van der Waals surface area contributed by atoms with Crippen LogP contribution in [0.25, 0.3) is 10.9 Å². The van der Waals surface area contributed by atoms with Crippen LogP contribution >= 0.6 is 11.9 Å². The first-order valence-corrected chi connectivity index (χ1v) is 13.7. The number of hydrogen-bond acceptors (Lipinski definition) is 5. The van der Waals surface area contributed by atoms with Gasteiger partial charge in [-0.25, -0.2) is 4.72 Å². The van der Waals surface area contributed by atoms with E-state index in [1.54, 1.807) is 11.9 Å². The first-order chi connectivity index (χ1) is 16.5. The number of amides is 2. The fourth-order valence-corrected chi connectivity index (χ4v) is 8.71. The Kier molecular flexibility index (Phi) is 5.60. The highest BCUT2D eigenvalue weighted by atomic mass is 32.2. The highest BCUT2D eigenvalue weighted by molar-refractivity contribution is 7.97. The minimum absolute atomic E-state index is 0.123. The monoisotopic (exact) mass is 478 g/mol. The minimum Gasteiger partial charge on any atom is -0.369 e. The maximum atomic E-state index is 13.9. The van der Waals surface area contributed by atoms with Gasteiger partial charge in [-0.15, -0.1) is 0 Å². The van der Waals surface area contributed by atoms with Crippen LogP contribution in [-0.2, 0) is 9.59 Å². The third-order valence-electron chi connectivity index (χ3n) is 9.19.